The van der Waals surface area contributed by atoms with E-state index >= 15 is 0 Å². The van der Waals surface area contributed by atoms with E-state index in [1.54, 1.807) is 4.90 Å². The number of hydrogen-bond donors (Lipinski definition) is 0. The van der Waals surface area contributed by atoms with E-state index in [0.717, 1.165) is 49.5 Å². The molecule has 0 radical (unpaired) electrons. The van der Waals surface area contributed by atoms with Crippen molar-refractivity contribution in [3.8, 4) is 5.75 Å². The number of rotatable bonds is 7. The van der Waals surface area contributed by atoms with E-state index in [1.807, 2.05) is 68.1 Å². The van der Waals surface area contributed by atoms with Crippen LogP contribution in [0.5, 0.6) is 5.75 Å². The van der Waals surface area contributed by atoms with Gasteiger partial charge in [-0.2, -0.15) is 0 Å². The van der Waals surface area contributed by atoms with Crippen molar-refractivity contribution in [1.29, 1.82) is 0 Å². The summed E-state index contributed by atoms with van der Waals surface area (Å²) in [6, 6.07) is 18.6. The average molecular weight is 551 g/mol. The van der Waals surface area contributed by atoms with Gasteiger partial charge in [0.25, 0.3) is 0 Å². The topological polar surface area (TPSA) is 74.8 Å². The maximum absolute atomic E-state index is 12.6. The highest BCUT2D eigenvalue weighted by atomic mass is 16.6. The molecule has 216 valence electrons. The smallest absolute Gasteiger partial charge is 0.410 e. The Kier molecular flexibility index (Phi) is 8.69. The average Bonchev–Trinajstić information content (AvgIpc) is 3.20. The lowest BCUT2D eigenvalue weighted by Crippen LogP contribution is -2.56. The molecule has 3 aliphatic rings. The molecule has 5 rings (SSSR count). The Morgan fingerprint density at radius 1 is 0.850 bits per heavy atom. The predicted molar refractivity (Wildman–Crippen MR) is 154 cm³/mol. The predicted octanol–water partition coefficient (Wildman–Crippen LogP) is 4.61. The highest BCUT2D eigenvalue weighted by molar-refractivity contribution is 5.69. The first-order chi connectivity index (χ1) is 19.2. The van der Waals surface area contributed by atoms with Crippen LogP contribution in [-0.2, 0) is 16.1 Å². The van der Waals surface area contributed by atoms with Gasteiger partial charge in [-0.25, -0.2) is 9.59 Å². The number of fused-ring (bicyclic) bond motifs is 2. The largest absolute Gasteiger partial charge is 0.492 e. The van der Waals surface area contributed by atoms with Crippen molar-refractivity contribution in [2.24, 2.45) is 0 Å². The second kappa shape index (κ2) is 12.4. The van der Waals surface area contributed by atoms with E-state index in [-0.39, 0.29) is 24.3 Å². The maximum atomic E-state index is 12.6. The molecule has 0 spiro atoms. The second-order valence-corrected chi connectivity index (χ2v) is 11.9. The molecule has 2 atom stereocenters. The number of carbonyl (C=O) groups excluding carboxylic acids is 2. The summed E-state index contributed by atoms with van der Waals surface area (Å²) in [7, 11) is 0. The number of anilines is 1. The standard InChI is InChI=1S/C31H42N4O5/c1-31(2,3)40-30(37)34-21-26-12-13-27(22-34)35(26)25-10-7-11-28(20-25)38-19-18-32-14-16-33(17-15-32)29(36)39-23-24-8-5-4-6-9-24/h4-11,20,26-27H,12-19,21-23H2,1-3H3. The lowest BCUT2D eigenvalue weighted by atomic mass is 10.1. The summed E-state index contributed by atoms with van der Waals surface area (Å²) in [4.78, 5) is 33.5. The van der Waals surface area contributed by atoms with Gasteiger partial charge in [-0.1, -0.05) is 36.4 Å². The third-order valence-corrected chi connectivity index (χ3v) is 7.76. The van der Waals surface area contributed by atoms with Crippen LogP contribution in [0.2, 0.25) is 0 Å². The Morgan fingerprint density at radius 3 is 2.23 bits per heavy atom. The first kappa shape index (κ1) is 28.1. The summed E-state index contributed by atoms with van der Waals surface area (Å²) in [5, 5.41) is 0. The molecule has 3 aliphatic heterocycles. The first-order valence-electron chi connectivity index (χ1n) is 14.4. The minimum absolute atomic E-state index is 0.217. The molecule has 2 aromatic carbocycles. The highest BCUT2D eigenvalue weighted by Gasteiger charge is 2.42. The fourth-order valence-electron chi connectivity index (χ4n) is 5.79. The zero-order valence-corrected chi connectivity index (χ0v) is 24.0. The van der Waals surface area contributed by atoms with E-state index in [4.69, 9.17) is 14.2 Å². The lowest BCUT2D eigenvalue weighted by molar-refractivity contribution is 0.0209. The van der Waals surface area contributed by atoms with Crippen LogP contribution in [0, 0.1) is 0 Å². The molecule has 9 heteroatoms. The molecule has 3 saturated heterocycles. The summed E-state index contributed by atoms with van der Waals surface area (Å²) in [6.45, 7) is 11.7. The van der Waals surface area contributed by atoms with Crippen LogP contribution in [0.3, 0.4) is 0 Å². The number of nitrogens with zero attached hydrogens (tertiary/aromatic N) is 4. The van der Waals surface area contributed by atoms with Crippen LogP contribution in [0.1, 0.15) is 39.2 Å². The van der Waals surface area contributed by atoms with E-state index in [9.17, 15) is 9.59 Å². The van der Waals surface area contributed by atoms with E-state index in [1.165, 1.54) is 0 Å². The van der Waals surface area contributed by atoms with Gasteiger partial charge in [0, 0.05) is 69.7 Å². The van der Waals surface area contributed by atoms with Gasteiger partial charge >= 0.3 is 12.2 Å². The van der Waals surface area contributed by atoms with Crippen LogP contribution >= 0.6 is 0 Å². The third kappa shape index (κ3) is 7.18. The van der Waals surface area contributed by atoms with Gasteiger partial charge in [0.1, 0.15) is 24.6 Å². The zero-order chi connectivity index (χ0) is 28.1. The second-order valence-electron chi connectivity index (χ2n) is 11.9. The molecule has 9 nitrogen and oxygen atoms in total. The van der Waals surface area contributed by atoms with Gasteiger partial charge < -0.3 is 28.9 Å². The Labute approximate surface area is 237 Å². The fourth-order valence-corrected chi connectivity index (χ4v) is 5.79. The van der Waals surface area contributed by atoms with Crippen molar-refractivity contribution in [2.45, 2.75) is 57.9 Å². The summed E-state index contributed by atoms with van der Waals surface area (Å²) >= 11 is 0. The number of carbonyl (C=O) groups is 2. The number of hydrogen-bond acceptors (Lipinski definition) is 7. The molecule has 2 bridgehead atoms. The number of likely N-dealkylation sites (tertiary alicyclic amines) is 1. The van der Waals surface area contributed by atoms with Crippen molar-refractivity contribution in [3.05, 3.63) is 60.2 Å². The van der Waals surface area contributed by atoms with Crippen LogP contribution in [0.4, 0.5) is 15.3 Å². The van der Waals surface area contributed by atoms with Crippen LogP contribution in [-0.4, -0.2) is 97.0 Å². The van der Waals surface area contributed by atoms with Gasteiger partial charge in [0.05, 0.1) is 0 Å². The maximum Gasteiger partial charge on any atom is 0.410 e. The molecule has 0 saturated carbocycles. The van der Waals surface area contributed by atoms with Crippen molar-refractivity contribution in [1.82, 2.24) is 14.7 Å². The molecule has 3 heterocycles. The molecule has 0 aromatic heterocycles. The zero-order valence-electron chi connectivity index (χ0n) is 24.0. The molecular formula is C31H42N4O5. The molecule has 0 N–H and O–H groups in total. The summed E-state index contributed by atoms with van der Waals surface area (Å²) in [5.41, 5.74) is 1.66. The van der Waals surface area contributed by atoms with E-state index < -0.39 is 5.60 Å². The van der Waals surface area contributed by atoms with Gasteiger partial charge in [-0.05, 0) is 51.3 Å². The van der Waals surface area contributed by atoms with Crippen LogP contribution in [0.25, 0.3) is 0 Å². The normalized spacial score (nSPS) is 21.3. The summed E-state index contributed by atoms with van der Waals surface area (Å²) in [5.74, 6) is 0.856. The fraction of sp³-hybridized carbons (Fsp3) is 0.548. The summed E-state index contributed by atoms with van der Waals surface area (Å²) < 4.78 is 17.2. The van der Waals surface area contributed by atoms with Crippen molar-refractivity contribution in [3.63, 3.8) is 0 Å². The van der Waals surface area contributed by atoms with Gasteiger partial charge in [-0.3, -0.25) is 4.90 Å². The molecule has 3 fully saturated rings. The first-order valence-corrected chi connectivity index (χ1v) is 14.4. The van der Waals surface area contributed by atoms with Crippen LogP contribution in [0.15, 0.2) is 54.6 Å². The Bertz CT molecular complexity index is 1130. The minimum Gasteiger partial charge on any atom is -0.492 e. The molecular weight excluding hydrogens is 508 g/mol. The molecule has 2 unspecified atom stereocenters. The third-order valence-electron chi connectivity index (χ3n) is 7.76. The number of piperazine rings is 2. The van der Waals surface area contributed by atoms with Crippen molar-refractivity contribution in [2.75, 3.05) is 57.3 Å². The van der Waals surface area contributed by atoms with E-state index in [0.29, 0.717) is 39.4 Å². The minimum atomic E-state index is -0.485. The van der Waals surface area contributed by atoms with Crippen LogP contribution < -0.4 is 9.64 Å². The number of amides is 2. The molecule has 2 amide bonds. The SMILES string of the molecule is CC(C)(C)OC(=O)N1CC2CCC(C1)N2c1cccc(OCCN2CCN(C(=O)OCc3ccccc3)CC2)c1. The number of benzene rings is 2. The Hall–Kier alpha value is -3.46. The number of ether oxygens (including phenoxy) is 3. The summed E-state index contributed by atoms with van der Waals surface area (Å²) in [6.07, 6.45) is 1.67. The lowest BCUT2D eigenvalue weighted by Gasteiger charge is -2.42. The van der Waals surface area contributed by atoms with Crippen molar-refractivity contribution >= 4 is 17.9 Å². The monoisotopic (exact) mass is 550 g/mol. The molecule has 40 heavy (non-hydrogen) atoms. The van der Waals surface area contributed by atoms with Crippen molar-refractivity contribution < 1.29 is 23.8 Å². The van der Waals surface area contributed by atoms with Gasteiger partial charge in [0.2, 0.25) is 0 Å². The van der Waals surface area contributed by atoms with Gasteiger partial charge in [0.15, 0.2) is 0 Å². The Morgan fingerprint density at radius 2 is 1.55 bits per heavy atom. The Balaban J connectivity index is 1.05. The van der Waals surface area contributed by atoms with Gasteiger partial charge in [-0.15, -0.1) is 0 Å². The molecule has 2 aromatic rings. The highest BCUT2D eigenvalue weighted by Crippen LogP contribution is 2.36. The van der Waals surface area contributed by atoms with E-state index in [2.05, 4.69) is 21.9 Å². The molecule has 0 aliphatic carbocycles. The quantitative estimate of drug-likeness (QED) is 0.499.